The van der Waals surface area contributed by atoms with E-state index in [4.69, 9.17) is 0 Å². The standard InChI is InChI=1S/C13H20N4/c1-3-12(16-15-7-1)9-17-8-2-6-14-13(10-17)11-4-5-11/h1,3,7,11,13-14H,2,4-6,8-10H2. The summed E-state index contributed by atoms with van der Waals surface area (Å²) in [6.45, 7) is 4.45. The number of nitrogens with one attached hydrogen (secondary N) is 1. The Morgan fingerprint density at radius 1 is 1.41 bits per heavy atom. The molecule has 2 aliphatic rings. The lowest BCUT2D eigenvalue weighted by molar-refractivity contribution is 0.247. The molecular formula is C13H20N4. The van der Waals surface area contributed by atoms with E-state index in [1.807, 2.05) is 6.07 Å². The Morgan fingerprint density at radius 2 is 2.35 bits per heavy atom. The van der Waals surface area contributed by atoms with Crippen LogP contribution in [0.4, 0.5) is 0 Å². The molecule has 0 radical (unpaired) electrons. The van der Waals surface area contributed by atoms with Crippen LogP contribution in [-0.2, 0) is 6.54 Å². The number of rotatable bonds is 3. The van der Waals surface area contributed by atoms with Crippen molar-refractivity contribution in [1.29, 1.82) is 0 Å². The lowest BCUT2D eigenvalue weighted by Gasteiger charge is -2.23. The summed E-state index contributed by atoms with van der Waals surface area (Å²) in [5, 5.41) is 11.8. The Morgan fingerprint density at radius 3 is 3.12 bits per heavy atom. The van der Waals surface area contributed by atoms with E-state index in [1.54, 1.807) is 6.20 Å². The largest absolute Gasteiger partial charge is 0.312 e. The fourth-order valence-electron chi connectivity index (χ4n) is 2.63. The average molecular weight is 232 g/mol. The molecule has 1 unspecified atom stereocenters. The Labute approximate surface area is 102 Å². The van der Waals surface area contributed by atoms with Gasteiger partial charge in [-0.25, -0.2) is 0 Å². The van der Waals surface area contributed by atoms with Crippen LogP contribution in [0.3, 0.4) is 0 Å². The Kier molecular flexibility index (Phi) is 3.34. The van der Waals surface area contributed by atoms with Gasteiger partial charge in [0.15, 0.2) is 0 Å². The molecule has 1 N–H and O–H groups in total. The average Bonchev–Trinajstić information content (AvgIpc) is 3.16. The third kappa shape index (κ3) is 3.01. The van der Waals surface area contributed by atoms with Crippen molar-refractivity contribution >= 4 is 0 Å². The molecule has 0 spiro atoms. The van der Waals surface area contributed by atoms with E-state index in [9.17, 15) is 0 Å². The molecule has 92 valence electrons. The molecule has 0 aromatic carbocycles. The molecule has 4 nitrogen and oxygen atoms in total. The topological polar surface area (TPSA) is 41.1 Å². The first-order valence-corrected chi connectivity index (χ1v) is 6.64. The lowest BCUT2D eigenvalue weighted by Crippen LogP contribution is -2.39. The van der Waals surface area contributed by atoms with Crippen LogP contribution in [0.5, 0.6) is 0 Å². The Hall–Kier alpha value is -1.00. The summed E-state index contributed by atoms with van der Waals surface area (Å²) in [7, 11) is 0. The first-order valence-electron chi connectivity index (χ1n) is 6.64. The van der Waals surface area contributed by atoms with Crippen LogP contribution >= 0.6 is 0 Å². The molecule has 17 heavy (non-hydrogen) atoms. The molecule has 1 aromatic rings. The summed E-state index contributed by atoms with van der Waals surface area (Å²) in [5.74, 6) is 0.928. The highest BCUT2D eigenvalue weighted by Crippen LogP contribution is 2.33. The Balaban J connectivity index is 1.61. The van der Waals surface area contributed by atoms with Gasteiger partial charge in [-0.3, -0.25) is 4.90 Å². The second-order valence-electron chi connectivity index (χ2n) is 5.20. The predicted octanol–water partition coefficient (Wildman–Crippen LogP) is 1.05. The zero-order valence-corrected chi connectivity index (χ0v) is 10.2. The highest BCUT2D eigenvalue weighted by molar-refractivity contribution is 5.00. The van der Waals surface area contributed by atoms with Crippen molar-refractivity contribution in [1.82, 2.24) is 20.4 Å². The number of nitrogens with zero attached hydrogens (tertiary/aromatic N) is 3. The normalized spacial score (nSPS) is 26.7. The minimum absolute atomic E-state index is 0.703. The van der Waals surface area contributed by atoms with Crippen molar-refractivity contribution in [3.8, 4) is 0 Å². The number of hydrogen-bond donors (Lipinski definition) is 1. The highest BCUT2D eigenvalue weighted by atomic mass is 15.2. The van der Waals surface area contributed by atoms with E-state index >= 15 is 0 Å². The summed E-state index contributed by atoms with van der Waals surface area (Å²) in [4.78, 5) is 2.52. The smallest absolute Gasteiger partial charge is 0.0771 e. The third-order valence-electron chi connectivity index (χ3n) is 3.72. The first kappa shape index (κ1) is 11.1. The molecule has 2 fully saturated rings. The molecule has 2 heterocycles. The maximum absolute atomic E-state index is 4.18. The van der Waals surface area contributed by atoms with Crippen LogP contribution in [0.2, 0.25) is 0 Å². The molecule has 3 rings (SSSR count). The van der Waals surface area contributed by atoms with Gasteiger partial charge in [-0.2, -0.15) is 10.2 Å². The SMILES string of the molecule is c1cnnc(CN2CCCNC(C3CC3)C2)c1. The van der Waals surface area contributed by atoms with Crippen molar-refractivity contribution in [2.24, 2.45) is 5.92 Å². The first-order chi connectivity index (χ1) is 8.42. The molecule has 1 aliphatic carbocycles. The van der Waals surface area contributed by atoms with Crippen molar-refractivity contribution < 1.29 is 0 Å². The maximum atomic E-state index is 4.18. The van der Waals surface area contributed by atoms with Crippen LogP contribution in [0, 0.1) is 5.92 Å². The molecule has 1 atom stereocenters. The van der Waals surface area contributed by atoms with Gasteiger partial charge in [0.1, 0.15) is 0 Å². The molecule has 1 aromatic heterocycles. The summed E-state index contributed by atoms with van der Waals surface area (Å²) in [6, 6.07) is 4.74. The van der Waals surface area contributed by atoms with Crippen LogP contribution < -0.4 is 5.32 Å². The second kappa shape index (κ2) is 5.10. The zero-order chi connectivity index (χ0) is 11.5. The van der Waals surface area contributed by atoms with E-state index in [0.717, 1.165) is 24.7 Å². The maximum Gasteiger partial charge on any atom is 0.0771 e. The van der Waals surface area contributed by atoms with E-state index in [2.05, 4.69) is 26.5 Å². The number of hydrogen-bond acceptors (Lipinski definition) is 4. The fourth-order valence-corrected chi connectivity index (χ4v) is 2.63. The van der Waals surface area contributed by atoms with Crippen molar-refractivity contribution in [3.63, 3.8) is 0 Å². The van der Waals surface area contributed by atoms with Crippen molar-refractivity contribution in [2.45, 2.75) is 31.8 Å². The monoisotopic (exact) mass is 232 g/mol. The van der Waals surface area contributed by atoms with Gasteiger partial charge in [-0.1, -0.05) is 0 Å². The van der Waals surface area contributed by atoms with E-state index in [-0.39, 0.29) is 0 Å². The summed E-state index contributed by atoms with van der Waals surface area (Å²) in [5.41, 5.74) is 1.09. The summed E-state index contributed by atoms with van der Waals surface area (Å²) >= 11 is 0. The van der Waals surface area contributed by atoms with Gasteiger partial charge in [-0.15, -0.1) is 0 Å². The third-order valence-corrected chi connectivity index (χ3v) is 3.72. The number of aromatic nitrogens is 2. The zero-order valence-electron chi connectivity index (χ0n) is 10.2. The van der Waals surface area contributed by atoms with Crippen LogP contribution in [-0.4, -0.2) is 40.8 Å². The van der Waals surface area contributed by atoms with Gasteiger partial charge >= 0.3 is 0 Å². The van der Waals surface area contributed by atoms with Gasteiger partial charge < -0.3 is 5.32 Å². The molecule has 1 aliphatic heterocycles. The van der Waals surface area contributed by atoms with Crippen LogP contribution in [0.15, 0.2) is 18.3 Å². The summed E-state index contributed by atoms with van der Waals surface area (Å²) in [6.07, 6.45) is 5.80. The lowest BCUT2D eigenvalue weighted by atomic mass is 10.2. The predicted molar refractivity (Wildman–Crippen MR) is 66.4 cm³/mol. The van der Waals surface area contributed by atoms with Crippen LogP contribution in [0.1, 0.15) is 25.0 Å². The van der Waals surface area contributed by atoms with Crippen LogP contribution in [0.25, 0.3) is 0 Å². The molecular weight excluding hydrogens is 212 g/mol. The molecule has 1 saturated heterocycles. The van der Waals surface area contributed by atoms with E-state index in [1.165, 1.54) is 32.4 Å². The molecule has 4 heteroatoms. The van der Waals surface area contributed by atoms with Crippen molar-refractivity contribution in [2.75, 3.05) is 19.6 Å². The van der Waals surface area contributed by atoms with Crippen molar-refractivity contribution in [3.05, 3.63) is 24.0 Å². The van der Waals surface area contributed by atoms with Gasteiger partial charge in [0.05, 0.1) is 5.69 Å². The molecule has 1 saturated carbocycles. The Bertz CT molecular complexity index is 350. The quantitative estimate of drug-likeness (QED) is 0.846. The van der Waals surface area contributed by atoms with Gasteiger partial charge in [0, 0.05) is 25.3 Å². The minimum Gasteiger partial charge on any atom is -0.312 e. The molecule has 0 bridgehead atoms. The summed E-state index contributed by atoms with van der Waals surface area (Å²) < 4.78 is 0. The van der Waals surface area contributed by atoms with E-state index < -0.39 is 0 Å². The minimum atomic E-state index is 0.703. The van der Waals surface area contributed by atoms with Gasteiger partial charge in [0.25, 0.3) is 0 Å². The van der Waals surface area contributed by atoms with Gasteiger partial charge in [0.2, 0.25) is 0 Å². The molecule has 0 amide bonds. The second-order valence-corrected chi connectivity index (χ2v) is 5.20. The highest BCUT2D eigenvalue weighted by Gasteiger charge is 2.32. The fraction of sp³-hybridized carbons (Fsp3) is 0.692. The van der Waals surface area contributed by atoms with Gasteiger partial charge in [-0.05, 0) is 50.4 Å². The van der Waals surface area contributed by atoms with E-state index in [0.29, 0.717) is 6.04 Å².